The smallest absolute Gasteiger partial charge is 0.407 e. The lowest BCUT2D eigenvalue weighted by Crippen LogP contribution is -2.53. The molecule has 1 amide bonds. The molecule has 2 aliphatic rings. The quantitative estimate of drug-likeness (QED) is 0.584. The van der Waals surface area contributed by atoms with Crippen molar-refractivity contribution in [1.82, 2.24) is 14.7 Å². The first kappa shape index (κ1) is 17.8. The van der Waals surface area contributed by atoms with Gasteiger partial charge in [-0.1, -0.05) is 0 Å². The summed E-state index contributed by atoms with van der Waals surface area (Å²) < 4.78 is 5.11. The second-order valence-corrected chi connectivity index (χ2v) is 6.57. The van der Waals surface area contributed by atoms with Gasteiger partial charge in [0.2, 0.25) is 12.2 Å². The largest absolute Gasteiger partial charge is 0.466 e. The Kier molecular flexibility index (Phi) is 5.17. The molecule has 0 saturated carbocycles. The lowest BCUT2D eigenvalue weighted by molar-refractivity contribution is -0.153. The van der Waals surface area contributed by atoms with E-state index < -0.39 is 11.5 Å². The highest BCUT2D eigenvalue weighted by molar-refractivity contribution is 5.85. The number of carboxylic acid groups (broad SMARTS) is 1. The van der Waals surface area contributed by atoms with Gasteiger partial charge in [-0.3, -0.25) is 4.79 Å². The number of rotatable bonds is 4. The number of ether oxygens (including phenoxy) is 1. The molecule has 2 rings (SSSR count). The lowest BCUT2D eigenvalue weighted by Gasteiger charge is -2.35. The Hall–Kier alpha value is -2.50. The van der Waals surface area contributed by atoms with Crippen LogP contribution in [0.5, 0.6) is 0 Å². The van der Waals surface area contributed by atoms with Crippen molar-refractivity contribution in [2.75, 3.05) is 39.3 Å². The zero-order valence-electron chi connectivity index (χ0n) is 14.2. The van der Waals surface area contributed by atoms with Crippen molar-refractivity contribution in [3.63, 3.8) is 0 Å². The van der Waals surface area contributed by atoms with Crippen molar-refractivity contribution in [3.05, 3.63) is 0 Å². The first-order valence-electron chi connectivity index (χ1n) is 7.93. The fourth-order valence-electron chi connectivity index (χ4n) is 3.15. The molecule has 2 fully saturated rings. The third kappa shape index (κ3) is 3.53. The minimum atomic E-state index is -0.946. The van der Waals surface area contributed by atoms with Gasteiger partial charge in [0.05, 0.1) is 18.1 Å². The number of guanidine groups is 1. The van der Waals surface area contributed by atoms with E-state index in [9.17, 15) is 9.59 Å². The Morgan fingerprint density at radius 3 is 2.71 bits per heavy atom. The van der Waals surface area contributed by atoms with Crippen LogP contribution in [0, 0.1) is 16.9 Å². The summed E-state index contributed by atoms with van der Waals surface area (Å²) in [7, 11) is 0. The van der Waals surface area contributed by atoms with E-state index in [1.165, 1.54) is 4.90 Å². The fraction of sp³-hybridized carbons (Fsp3) is 0.733. The van der Waals surface area contributed by atoms with E-state index in [1.54, 1.807) is 27.0 Å². The molecule has 2 aliphatic heterocycles. The maximum absolute atomic E-state index is 12.1. The normalized spacial score (nSPS) is 22.3. The Balaban J connectivity index is 2.16. The SMILES string of the molecule is CCOC(=O)C(C)(C)CN1CC2CN(C(=O)O)CCN2C1=NC#N. The molecular formula is C15H23N5O4. The van der Waals surface area contributed by atoms with Crippen molar-refractivity contribution in [1.29, 1.82) is 5.26 Å². The molecular weight excluding hydrogens is 314 g/mol. The number of aliphatic imine (C=N–C) groups is 1. The van der Waals surface area contributed by atoms with Crippen molar-refractivity contribution >= 4 is 18.0 Å². The first-order chi connectivity index (χ1) is 11.3. The highest BCUT2D eigenvalue weighted by Crippen LogP contribution is 2.26. The lowest BCUT2D eigenvalue weighted by atomic mass is 9.93. The monoisotopic (exact) mass is 337 g/mol. The number of hydrogen-bond donors (Lipinski definition) is 1. The number of nitrogens with zero attached hydrogens (tertiary/aromatic N) is 5. The maximum Gasteiger partial charge on any atom is 0.407 e. The molecule has 0 bridgehead atoms. The van der Waals surface area contributed by atoms with Gasteiger partial charge >= 0.3 is 12.1 Å². The summed E-state index contributed by atoms with van der Waals surface area (Å²) in [5.41, 5.74) is -0.757. The van der Waals surface area contributed by atoms with Crippen LogP contribution in [0.4, 0.5) is 4.79 Å². The topological polar surface area (TPSA) is 109 Å². The zero-order chi connectivity index (χ0) is 17.9. The molecule has 2 saturated heterocycles. The summed E-state index contributed by atoms with van der Waals surface area (Å²) in [6.45, 7) is 7.72. The van der Waals surface area contributed by atoms with E-state index in [-0.39, 0.29) is 12.0 Å². The van der Waals surface area contributed by atoms with Crippen LogP contribution >= 0.6 is 0 Å². The van der Waals surface area contributed by atoms with Crippen LogP contribution in [0.25, 0.3) is 0 Å². The molecule has 24 heavy (non-hydrogen) atoms. The van der Waals surface area contributed by atoms with E-state index in [2.05, 4.69) is 4.99 Å². The molecule has 0 aromatic heterocycles. The Labute approximate surface area is 141 Å². The van der Waals surface area contributed by atoms with Gasteiger partial charge in [-0.15, -0.1) is 4.99 Å². The molecule has 1 unspecified atom stereocenters. The Bertz CT molecular complexity index is 583. The van der Waals surface area contributed by atoms with E-state index in [4.69, 9.17) is 15.1 Å². The molecule has 9 nitrogen and oxygen atoms in total. The van der Waals surface area contributed by atoms with Crippen LogP contribution in [-0.4, -0.2) is 83.2 Å². The molecule has 1 atom stereocenters. The van der Waals surface area contributed by atoms with Gasteiger partial charge in [0.15, 0.2) is 0 Å². The molecule has 0 aromatic rings. The predicted molar refractivity (Wildman–Crippen MR) is 85.1 cm³/mol. The number of hydrogen-bond acceptors (Lipinski definition) is 5. The number of fused-ring (bicyclic) bond motifs is 1. The van der Waals surface area contributed by atoms with Gasteiger partial charge in [0, 0.05) is 32.7 Å². The summed E-state index contributed by atoms with van der Waals surface area (Å²) in [6.07, 6.45) is 0.860. The first-order valence-corrected chi connectivity index (χ1v) is 7.93. The van der Waals surface area contributed by atoms with Gasteiger partial charge in [0.25, 0.3) is 0 Å². The Morgan fingerprint density at radius 1 is 1.42 bits per heavy atom. The standard InChI is InChI=1S/C15H23N5O4/c1-4-24-12(21)15(2,3)9-19-8-11-7-18(14(22)23)5-6-20(11)13(19)17-10-16/h11H,4-9H2,1-3H3,(H,22,23). The van der Waals surface area contributed by atoms with Gasteiger partial charge in [-0.2, -0.15) is 5.26 Å². The predicted octanol–water partition coefficient (Wildman–Crippen LogP) is 0.393. The van der Waals surface area contributed by atoms with Crippen LogP contribution in [0.3, 0.4) is 0 Å². The number of carbonyl (C=O) groups excluding carboxylic acids is 1. The number of carbonyl (C=O) groups is 2. The van der Waals surface area contributed by atoms with E-state index >= 15 is 0 Å². The molecule has 0 radical (unpaired) electrons. The third-order valence-corrected chi connectivity index (χ3v) is 4.29. The molecule has 0 aliphatic carbocycles. The van der Waals surface area contributed by atoms with Crippen molar-refractivity contribution in [3.8, 4) is 6.19 Å². The molecule has 0 aromatic carbocycles. The van der Waals surface area contributed by atoms with E-state index in [0.717, 1.165) is 0 Å². The summed E-state index contributed by atoms with van der Waals surface area (Å²) in [4.78, 5) is 32.4. The van der Waals surface area contributed by atoms with Crippen LogP contribution < -0.4 is 0 Å². The van der Waals surface area contributed by atoms with Crippen LogP contribution in [0.15, 0.2) is 4.99 Å². The molecule has 132 valence electrons. The summed E-state index contributed by atoms with van der Waals surface area (Å²) in [6, 6.07) is -0.0695. The van der Waals surface area contributed by atoms with E-state index in [0.29, 0.717) is 45.3 Å². The summed E-state index contributed by atoms with van der Waals surface area (Å²) in [5.74, 6) is 0.197. The van der Waals surface area contributed by atoms with Gasteiger partial charge in [0.1, 0.15) is 0 Å². The molecule has 0 spiro atoms. The highest BCUT2D eigenvalue weighted by atomic mass is 16.5. The summed E-state index contributed by atoms with van der Waals surface area (Å²) in [5, 5.41) is 18.1. The van der Waals surface area contributed by atoms with Gasteiger partial charge in [-0.25, -0.2) is 4.79 Å². The number of nitriles is 1. The highest BCUT2D eigenvalue weighted by Gasteiger charge is 2.43. The molecule has 2 heterocycles. The number of amides is 1. The van der Waals surface area contributed by atoms with Gasteiger partial charge < -0.3 is 24.5 Å². The number of piperazine rings is 1. The second kappa shape index (κ2) is 6.95. The van der Waals surface area contributed by atoms with Crippen molar-refractivity contribution in [2.45, 2.75) is 26.8 Å². The molecule has 9 heteroatoms. The van der Waals surface area contributed by atoms with Crippen LogP contribution in [0.2, 0.25) is 0 Å². The Morgan fingerprint density at radius 2 is 2.12 bits per heavy atom. The van der Waals surface area contributed by atoms with E-state index in [1.807, 2.05) is 9.80 Å². The van der Waals surface area contributed by atoms with Crippen LogP contribution in [-0.2, 0) is 9.53 Å². The third-order valence-electron chi connectivity index (χ3n) is 4.29. The zero-order valence-corrected chi connectivity index (χ0v) is 14.2. The van der Waals surface area contributed by atoms with Gasteiger partial charge in [-0.05, 0) is 20.8 Å². The van der Waals surface area contributed by atoms with Crippen molar-refractivity contribution in [2.24, 2.45) is 10.4 Å². The minimum Gasteiger partial charge on any atom is -0.466 e. The van der Waals surface area contributed by atoms with Crippen molar-refractivity contribution < 1.29 is 19.4 Å². The second-order valence-electron chi connectivity index (χ2n) is 6.57. The minimum absolute atomic E-state index is 0.0695. The fourth-order valence-corrected chi connectivity index (χ4v) is 3.15. The number of esters is 1. The average Bonchev–Trinajstić information content (AvgIpc) is 2.84. The average molecular weight is 337 g/mol. The molecule has 1 N–H and O–H groups in total. The maximum atomic E-state index is 12.1. The summed E-state index contributed by atoms with van der Waals surface area (Å²) >= 11 is 0. The van der Waals surface area contributed by atoms with Crippen LogP contribution in [0.1, 0.15) is 20.8 Å².